The number of fused-ring (bicyclic) bond motifs is 2. The van der Waals surface area contributed by atoms with Gasteiger partial charge in [-0.2, -0.15) is 0 Å². The van der Waals surface area contributed by atoms with Crippen LogP contribution in [0.25, 0.3) is 10.8 Å². The Kier molecular flexibility index (Phi) is 2.08. The molecule has 0 unspecified atom stereocenters. The summed E-state index contributed by atoms with van der Waals surface area (Å²) in [5, 5.41) is 12.2. The van der Waals surface area contributed by atoms with E-state index in [1.165, 1.54) is 12.2 Å². The van der Waals surface area contributed by atoms with Crippen LogP contribution in [0.2, 0.25) is 0 Å². The number of aliphatic hydroxyl groups is 1. The molecule has 2 aromatic rings. The lowest BCUT2D eigenvalue weighted by molar-refractivity contribution is -0.189. The van der Waals surface area contributed by atoms with Crippen molar-refractivity contribution in [2.24, 2.45) is 0 Å². The molecule has 1 N–H and O–H groups in total. The van der Waals surface area contributed by atoms with E-state index in [1.54, 1.807) is 12.1 Å². The molecule has 0 bridgehead atoms. The fraction of sp³-hybridized carbons (Fsp3) is 0.300. The molecule has 2 saturated heterocycles. The van der Waals surface area contributed by atoms with E-state index in [4.69, 9.17) is 18.9 Å². The molecule has 2 aromatic carbocycles. The number of rotatable bonds is 0. The lowest BCUT2D eigenvalue weighted by Gasteiger charge is -2.44. The van der Waals surface area contributed by atoms with Gasteiger partial charge in [0.05, 0.1) is 5.39 Å². The summed E-state index contributed by atoms with van der Waals surface area (Å²) < 4.78 is 24.0. The molecule has 1 spiro atoms. The van der Waals surface area contributed by atoms with Crippen molar-refractivity contribution in [2.75, 3.05) is 0 Å². The van der Waals surface area contributed by atoms with Crippen LogP contribution in [0, 0.1) is 0 Å². The van der Waals surface area contributed by atoms with Crippen molar-refractivity contribution in [2.45, 2.75) is 35.3 Å². The topological polar surface area (TPSA) is 97.9 Å². The highest BCUT2D eigenvalue weighted by molar-refractivity contribution is 6.15. The number of aliphatic hydroxyl groups excluding tert-OH is 1. The Hall–Kier alpha value is -2.74. The van der Waals surface area contributed by atoms with Gasteiger partial charge in [-0.15, -0.1) is 0 Å². The van der Waals surface area contributed by atoms with Crippen LogP contribution in [0.4, 0.5) is 0 Å². The summed E-state index contributed by atoms with van der Waals surface area (Å²) in [5.41, 5.74) is -3.49. The minimum absolute atomic E-state index is 0.437. The van der Waals surface area contributed by atoms with Crippen molar-refractivity contribution in [3.05, 3.63) is 48.6 Å². The van der Waals surface area contributed by atoms with Gasteiger partial charge >= 0.3 is 5.79 Å². The number of hydrogen-bond acceptors (Lipinski definition) is 7. The monoisotopic (exact) mass is 364 g/mol. The fourth-order valence-corrected chi connectivity index (χ4v) is 5.08. The van der Waals surface area contributed by atoms with Gasteiger partial charge in [0.25, 0.3) is 5.60 Å². The maximum atomic E-state index is 13.0. The third-order valence-electron chi connectivity index (χ3n) is 6.32. The van der Waals surface area contributed by atoms with Gasteiger partial charge < -0.3 is 24.1 Å². The van der Waals surface area contributed by atoms with E-state index in [0.29, 0.717) is 11.5 Å². The predicted octanol–water partition coefficient (Wildman–Crippen LogP) is 0.665. The van der Waals surface area contributed by atoms with Crippen molar-refractivity contribution < 1.29 is 33.6 Å². The first kappa shape index (κ1) is 14.3. The summed E-state index contributed by atoms with van der Waals surface area (Å²) in [6.45, 7) is 0. The Morgan fingerprint density at radius 2 is 1.70 bits per heavy atom. The number of ether oxygens (including phenoxy) is 4. The Bertz CT molecular complexity index is 1100. The molecule has 0 amide bonds. The molecule has 1 saturated carbocycles. The van der Waals surface area contributed by atoms with Crippen molar-refractivity contribution in [3.63, 3.8) is 0 Å². The molecule has 2 aliphatic carbocycles. The minimum Gasteiger partial charge on any atom is -0.446 e. The van der Waals surface area contributed by atoms with Crippen LogP contribution in [0.1, 0.15) is 0 Å². The number of carbonyl (C=O) groups is 2. The van der Waals surface area contributed by atoms with E-state index >= 15 is 0 Å². The first-order chi connectivity index (χ1) is 13.1. The van der Waals surface area contributed by atoms with E-state index in [9.17, 15) is 14.7 Å². The Morgan fingerprint density at radius 1 is 1.00 bits per heavy atom. The van der Waals surface area contributed by atoms with Crippen LogP contribution in [-0.2, 0) is 19.1 Å². The van der Waals surface area contributed by atoms with Crippen LogP contribution in [0.5, 0.6) is 11.5 Å². The van der Waals surface area contributed by atoms with E-state index in [1.807, 2.05) is 24.3 Å². The summed E-state index contributed by atoms with van der Waals surface area (Å²) in [5.74, 6) is -1.53. The number of carbonyl (C=O) groups excluding carboxylic acids is 2. The van der Waals surface area contributed by atoms with Crippen LogP contribution in [0.15, 0.2) is 48.6 Å². The van der Waals surface area contributed by atoms with Gasteiger partial charge in [0.1, 0.15) is 17.6 Å². The van der Waals surface area contributed by atoms with E-state index in [2.05, 4.69) is 0 Å². The van der Waals surface area contributed by atoms with Crippen LogP contribution < -0.4 is 9.47 Å². The van der Waals surface area contributed by atoms with Crippen molar-refractivity contribution >= 4 is 22.3 Å². The lowest BCUT2D eigenvalue weighted by atomic mass is 9.67. The second kappa shape index (κ2) is 3.91. The van der Waals surface area contributed by atoms with Gasteiger partial charge in [0.15, 0.2) is 18.0 Å². The molecular formula is C20H12O7. The van der Waals surface area contributed by atoms with Crippen LogP contribution in [-0.4, -0.2) is 52.0 Å². The normalized spacial score (nSPS) is 41.3. The number of ketones is 2. The number of benzene rings is 2. The Morgan fingerprint density at radius 3 is 2.41 bits per heavy atom. The highest BCUT2D eigenvalue weighted by Gasteiger charge is 3.00. The van der Waals surface area contributed by atoms with Gasteiger partial charge in [-0.1, -0.05) is 24.3 Å². The average molecular weight is 364 g/mol. The zero-order chi connectivity index (χ0) is 18.2. The molecule has 3 fully saturated rings. The Labute approximate surface area is 152 Å². The quantitative estimate of drug-likeness (QED) is 0.686. The second-order valence-electron chi connectivity index (χ2n) is 7.51. The molecule has 7 rings (SSSR count). The third-order valence-corrected chi connectivity index (χ3v) is 6.32. The third kappa shape index (κ3) is 1.24. The first-order valence-corrected chi connectivity index (χ1v) is 8.76. The summed E-state index contributed by atoms with van der Waals surface area (Å²) in [4.78, 5) is 25.8. The van der Waals surface area contributed by atoms with Crippen molar-refractivity contribution in [1.82, 2.24) is 0 Å². The van der Waals surface area contributed by atoms with Gasteiger partial charge in [-0.05, 0) is 29.7 Å². The largest absolute Gasteiger partial charge is 0.446 e. The highest BCUT2D eigenvalue weighted by Crippen LogP contribution is 2.70. The Balaban J connectivity index is 1.51. The molecule has 27 heavy (non-hydrogen) atoms. The molecule has 134 valence electrons. The van der Waals surface area contributed by atoms with E-state index in [-0.39, 0.29) is 0 Å². The molecule has 0 radical (unpaired) electrons. The summed E-state index contributed by atoms with van der Waals surface area (Å²) >= 11 is 0. The first-order valence-electron chi connectivity index (χ1n) is 8.76. The van der Waals surface area contributed by atoms with Crippen molar-refractivity contribution in [3.8, 4) is 11.5 Å². The molecule has 7 nitrogen and oxygen atoms in total. The second-order valence-corrected chi connectivity index (χ2v) is 7.51. The van der Waals surface area contributed by atoms with Crippen LogP contribution in [0.3, 0.4) is 0 Å². The fourth-order valence-electron chi connectivity index (χ4n) is 5.08. The van der Waals surface area contributed by atoms with E-state index in [0.717, 1.165) is 10.8 Å². The highest BCUT2D eigenvalue weighted by atomic mass is 16.8. The SMILES string of the molecule is O=C1[C@@H]2O[C@@H]2C2(Oc3cccc4cccc(c34)O2)[C@]23O[C@]12[C@H](O)C=CC3=O. The van der Waals surface area contributed by atoms with Gasteiger partial charge in [-0.3, -0.25) is 9.59 Å². The zero-order valence-corrected chi connectivity index (χ0v) is 13.7. The smallest absolute Gasteiger partial charge is 0.321 e. The van der Waals surface area contributed by atoms with Crippen LogP contribution >= 0.6 is 0 Å². The maximum absolute atomic E-state index is 13.0. The molecule has 5 aliphatic rings. The minimum atomic E-state index is -1.77. The summed E-state index contributed by atoms with van der Waals surface area (Å²) in [7, 11) is 0. The molecule has 3 aliphatic heterocycles. The number of epoxide rings is 2. The molecule has 3 heterocycles. The summed E-state index contributed by atoms with van der Waals surface area (Å²) in [6.07, 6.45) is -0.392. The molecular weight excluding hydrogens is 352 g/mol. The predicted molar refractivity (Wildman–Crippen MR) is 88.3 cm³/mol. The average Bonchev–Trinajstić information content (AvgIpc) is 3.57. The van der Waals surface area contributed by atoms with Gasteiger partial charge in [0, 0.05) is 0 Å². The van der Waals surface area contributed by atoms with E-state index < -0.39 is 46.9 Å². The zero-order valence-electron chi connectivity index (χ0n) is 13.7. The van der Waals surface area contributed by atoms with Gasteiger partial charge in [-0.25, -0.2) is 0 Å². The molecule has 0 aromatic heterocycles. The maximum Gasteiger partial charge on any atom is 0.321 e. The molecule has 7 heteroatoms. The number of Topliss-reactive ketones (excluding diaryl/α,β-unsaturated/α-hetero) is 1. The molecule has 5 atom stereocenters. The van der Waals surface area contributed by atoms with Gasteiger partial charge in [0.2, 0.25) is 11.4 Å². The standard InChI is InChI=1S/C20H12O7/c21-12-7-8-13(22)19-18(12,27-19)16(23)15-17(24-15)20(19)25-10-5-1-3-9-4-2-6-11(26-20)14(9)10/h1-8,12,15,17,21H/t12-,15+,17+,18-,19-/m1/s1. The van der Waals surface area contributed by atoms with Crippen molar-refractivity contribution in [1.29, 1.82) is 0 Å². The summed E-state index contributed by atoms with van der Waals surface area (Å²) in [6, 6.07) is 11.1. The lowest BCUT2D eigenvalue weighted by Crippen LogP contribution is -2.72. The number of hydrogen-bond donors (Lipinski definition) is 1.